The first-order valence-corrected chi connectivity index (χ1v) is 7.36. The van der Waals surface area contributed by atoms with Gasteiger partial charge in [-0.05, 0) is 46.7 Å². The standard InChI is InChI=1S/C12H10BrCl2NS/c1-16-12(9-5-6-10(14)17-9)7-3-2-4-8(13)11(7)15/h2-6,12,16H,1H3. The SMILES string of the molecule is CNC(c1ccc(Cl)s1)c1cccc(Br)c1Cl. The molecular formula is C12H10BrCl2NS. The summed E-state index contributed by atoms with van der Waals surface area (Å²) in [5.41, 5.74) is 1.04. The summed E-state index contributed by atoms with van der Waals surface area (Å²) in [5.74, 6) is 0. The molecule has 0 aliphatic heterocycles. The quantitative estimate of drug-likeness (QED) is 0.809. The van der Waals surface area contributed by atoms with Crippen molar-refractivity contribution >= 4 is 50.5 Å². The number of thiophene rings is 1. The van der Waals surface area contributed by atoms with Crippen LogP contribution in [0.1, 0.15) is 16.5 Å². The van der Waals surface area contributed by atoms with E-state index in [0.29, 0.717) is 0 Å². The monoisotopic (exact) mass is 349 g/mol. The van der Waals surface area contributed by atoms with Gasteiger partial charge in [-0.15, -0.1) is 11.3 Å². The molecule has 0 spiro atoms. The molecule has 17 heavy (non-hydrogen) atoms. The second-order valence-electron chi connectivity index (χ2n) is 3.51. The van der Waals surface area contributed by atoms with E-state index in [9.17, 15) is 0 Å². The summed E-state index contributed by atoms with van der Waals surface area (Å²) < 4.78 is 1.69. The van der Waals surface area contributed by atoms with Crippen molar-refractivity contribution in [2.24, 2.45) is 0 Å². The topological polar surface area (TPSA) is 12.0 Å². The lowest BCUT2D eigenvalue weighted by Gasteiger charge is -2.17. The Kier molecular flexibility index (Phi) is 4.50. The maximum absolute atomic E-state index is 6.31. The number of benzene rings is 1. The fraction of sp³-hybridized carbons (Fsp3) is 0.167. The molecule has 0 amide bonds. The van der Waals surface area contributed by atoms with Gasteiger partial charge in [0.2, 0.25) is 0 Å². The second kappa shape index (κ2) is 5.72. The Labute approximate surface area is 123 Å². The van der Waals surface area contributed by atoms with Crippen LogP contribution in [-0.4, -0.2) is 7.05 Å². The summed E-state index contributed by atoms with van der Waals surface area (Å²) in [7, 11) is 1.91. The first kappa shape index (κ1) is 13.4. The van der Waals surface area contributed by atoms with Gasteiger partial charge in [0.15, 0.2) is 0 Å². The van der Waals surface area contributed by atoms with E-state index >= 15 is 0 Å². The molecule has 0 saturated carbocycles. The van der Waals surface area contributed by atoms with Gasteiger partial charge < -0.3 is 5.32 Å². The minimum Gasteiger partial charge on any atom is -0.309 e. The Morgan fingerprint density at radius 2 is 2.00 bits per heavy atom. The first-order chi connectivity index (χ1) is 8.13. The molecule has 2 aromatic rings. The van der Waals surface area contributed by atoms with E-state index in [2.05, 4.69) is 21.2 Å². The Balaban J connectivity index is 2.45. The molecular weight excluding hydrogens is 341 g/mol. The van der Waals surface area contributed by atoms with Crippen LogP contribution >= 0.6 is 50.5 Å². The highest BCUT2D eigenvalue weighted by molar-refractivity contribution is 9.10. The van der Waals surface area contributed by atoms with E-state index in [1.54, 1.807) is 11.3 Å². The predicted molar refractivity (Wildman–Crippen MR) is 79.4 cm³/mol. The van der Waals surface area contributed by atoms with Crippen molar-refractivity contribution in [1.82, 2.24) is 5.32 Å². The van der Waals surface area contributed by atoms with E-state index in [1.165, 1.54) is 0 Å². The fourth-order valence-corrected chi connectivity index (χ4v) is 3.48. The van der Waals surface area contributed by atoms with Crippen molar-refractivity contribution < 1.29 is 0 Å². The van der Waals surface area contributed by atoms with E-state index in [-0.39, 0.29) is 6.04 Å². The number of rotatable bonds is 3. The second-order valence-corrected chi connectivity index (χ2v) is 6.49. The zero-order valence-electron chi connectivity index (χ0n) is 9.01. The summed E-state index contributed by atoms with van der Waals surface area (Å²) in [4.78, 5) is 1.15. The summed E-state index contributed by atoms with van der Waals surface area (Å²) in [5, 5.41) is 4.00. The van der Waals surface area contributed by atoms with Crippen LogP contribution in [0.2, 0.25) is 9.36 Å². The summed E-state index contributed by atoms with van der Waals surface area (Å²) in [6, 6.07) is 9.91. The van der Waals surface area contributed by atoms with Crippen LogP contribution in [0, 0.1) is 0 Å². The Morgan fingerprint density at radius 1 is 1.24 bits per heavy atom. The molecule has 2 rings (SSSR count). The van der Waals surface area contributed by atoms with Crippen LogP contribution in [0.25, 0.3) is 0 Å². The number of hydrogen-bond donors (Lipinski definition) is 1. The molecule has 0 saturated heterocycles. The van der Waals surface area contributed by atoms with E-state index < -0.39 is 0 Å². The lowest BCUT2D eigenvalue weighted by molar-refractivity contribution is 0.704. The summed E-state index contributed by atoms with van der Waals surface area (Å²) in [6.45, 7) is 0. The number of nitrogens with one attached hydrogen (secondary N) is 1. The third-order valence-corrected chi connectivity index (χ3v) is 5.07. The minimum absolute atomic E-state index is 0.0671. The van der Waals surface area contributed by atoms with Gasteiger partial charge in [-0.25, -0.2) is 0 Å². The fourth-order valence-electron chi connectivity index (χ4n) is 1.68. The molecule has 1 N–H and O–H groups in total. The van der Waals surface area contributed by atoms with Gasteiger partial charge in [-0.1, -0.05) is 35.3 Å². The molecule has 0 aliphatic rings. The third-order valence-electron chi connectivity index (χ3n) is 2.46. The lowest BCUT2D eigenvalue weighted by Crippen LogP contribution is -2.16. The molecule has 90 valence electrons. The molecule has 1 aromatic carbocycles. The van der Waals surface area contributed by atoms with Crippen molar-refractivity contribution in [2.75, 3.05) is 7.05 Å². The van der Waals surface area contributed by atoms with Crippen LogP contribution in [0.15, 0.2) is 34.8 Å². The lowest BCUT2D eigenvalue weighted by atomic mass is 10.1. The van der Waals surface area contributed by atoms with E-state index in [1.807, 2.05) is 37.4 Å². The van der Waals surface area contributed by atoms with Crippen molar-refractivity contribution in [3.05, 3.63) is 54.6 Å². The highest BCUT2D eigenvalue weighted by Gasteiger charge is 2.18. The van der Waals surface area contributed by atoms with Crippen molar-refractivity contribution in [3.8, 4) is 0 Å². The van der Waals surface area contributed by atoms with Gasteiger partial charge in [0.1, 0.15) is 0 Å². The largest absolute Gasteiger partial charge is 0.309 e. The molecule has 5 heteroatoms. The Morgan fingerprint density at radius 3 is 2.59 bits per heavy atom. The molecule has 1 nitrogen and oxygen atoms in total. The maximum Gasteiger partial charge on any atom is 0.0931 e. The van der Waals surface area contributed by atoms with Gasteiger partial charge >= 0.3 is 0 Å². The molecule has 1 atom stereocenters. The molecule has 0 radical (unpaired) electrons. The van der Waals surface area contributed by atoms with Gasteiger partial charge in [0.05, 0.1) is 15.4 Å². The average Bonchev–Trinajstić information content (AvgIpc) is 2.72. The van der Waals surface area contributed by atoms with Gasteiger partial charge in [0.25, 0.3) is 0 Å². The van der Waals surface area contributed by atoms with Crippen molar-refractivity contribution in [1.29, 1.82) is 0 Å². The highest BCUT2D eigenvalue weighted by Crippen LogP contribution is 2.36. The third kappa shape index (κ3) is 2.85. The number of halogens is 3. The predicted octanol–water partition coefficient (Wildman–Crippen LogP) is 5.13. The average molecular weight is 351 g/mol. The van der Waals surface area contributed by atoms with E-state index in [0.717, 1.165) is 24.3 Å². The zero-order chi connectivity index (χ0) is 12.4. The highest BCUT2D eigenvalue weighted by atomic mass is 79.9. The van der Waals surface area contributed by atoms with Crippen LogP contribution in [-0.2, 0) is 0 Å². The summed E-state index contributed by atoms with van der Waals surface area (Å²) >= 11 is 17.3. The molecule has 1 heterocycles. The maximum atomic E-state index is 6.31. The summed E-state index contributed by atoms with van der Waals surface area (Å²) in [6.07, 6.45) is 0. The molecule has 1 aromatic heterocycles. The van der Waals surface area contributed by atoms with Gasteiger partial charge in [-0.3, -0.25) is 0 Å². The molecule has 0 aliphatic carbocycles. The van der Waals surface area contributed by atoms with Crippen LogP contribution in [0.5, 0.6) is 0 Å². The Bertz CT molecular complexity index is 527. The zero-order valence-corrected chi connectivity index (χ0v) is 12.9. The molecule has 0 bridgehead atoms. The Hall–Kier alpha value is -0.0600. The van der Waals surface area contributed by atoms with Crippen LogP contribution < -0.4 is 5.32 Å². The van der Waals surface area contributed by atoms with Crippen LogP contribution in [0.3, 0.4) is 0 Å². The van der Waals surface area contributed by atoms with Crippen molar-refractivity contribution in [2.45, 2.75) is 6.04 Å². The van der Waals surface area contributed by atoms with Crippen molar-refractivity contribution in [3.63, 3.8) is 0 Å². The molecule has 1 unspecified atom stereocenters. The first-order valence-electron chi connectivity index (χ1n) is 5.00. The normalized spacial score (nSPS) is 12.7. The smallest absolute Gasteiger partial charge is 0.0931 e. The van der Waals surface area contributed by atoms with E-state index in [4.69, 9.17) is 23.2 Å². The van der Waals surface area contributed by atoms with Crippen LogP contribution in [0.4, 0.5) is 0 Å². The van der Waals surface area contributed by atoms with Gasteiger partial charge in [-0.2, -0.15) is 0 Å². The van der Waals surface area contributed by atoms with Gasteiger partial charge in [0, 0.05) is 9.35 Å². The number of hydrogen-bond acceptors (Lipinski definition) is 2. The molecule has 0 fully saturated rings. The minimum atomic E-state index is 0.0671.